The average Bonchev–Trinajstić information content (AvgIpc) is 3.24. The molecule has 3 aromatic rings. The number of rotatable bonds is 6. The summed E-state index contributed by atoms with van der Waals surface area (Å²) in [5.41, 5.74) is 2.63. The Morgan fingerprint density at radius 1 is 1.38 bits per heavy atom. The van der Waals surface area contributed by atoms with Crippen LogP contribution in [0.15, 0.2) is 28.0 Å². The fraction of sp³-hybridized carbons (Fsp3) is 0.353. The second kappa shape index (κ2) is 7.00. The first kappa shape index (κ1) is 16.4. The maximum atomic E-state index is 11.9. The molecule has 0 aliphatic carbocycles. The third-order valence-electron chi connectivity index (χ3n) is 3.63. The molecule has 0 bridgehead atoms. The Morgan fingerprint density at radius 2 is 2.21 bits per heavy atom. The van der Waals surface area contributed by atoms with Crippen molar-refractivity contribution >= 4 is 17.3 Å². The standard InChI is InChI=1S/C17H19N3O3S/c1-11-9-12(2)20(19-11)7-6-16(21)22-10-14-13(3)23-17(18-14)15-5-4-8-24-15/h4-5,8-9H,6-7,10H2,1-3H3. The van der Waals surface area contributed by atoms with Crippen LogP contribution in [0.25, 0.3) is 10.8 Å². The average molecular weight is 345 g/mol. The fourth-order valence-electron chi connectivity index (χ4n) is 2.39. The van der Waals surface area contributed by atoms with Gasteiger partial charge in [-0.15, -0.1) is 11.3 Å². The smallest absolute Gasteiger partial charge is 0.308 e. The van der Waals surface area contributed by atoms with E-state index >= 15 is 0 Å². The highest BCUT2D eigenvalue weighted by molar-refractivity contribution is 7.13. The number of aromatic nitrogens is 3. The molecule has 3 aromatic heterocycles. The van der Waals surface area contributed by atoms with E-state index in [1.165, 1.54) is 0 Å². The Morgan fingerprint density at radius 3 is 2.88 bits per heavy atom. The topological polar surface area (TPSA) is 70.2 Å². The molecule has 6 nitrogen and oxygen atoms in total. The zero-order valence-corrected chi connectivity index (χ0v) is 14.7. The Bertz CT molecular complexity index is 834. The molecule has 0 saturated carbocycles. The molecule has 0 fully saturated rings. The van der Waals surface area contributed by atoms with Gasteiger partial charge in [-0.25, -0.2) is 4.98 Å². The predicted molar refractivity (Wildman–Crippen MR) is 90.7 cm³/mol. The molecule has 0 radical (unpaired) electrons. The maximum Gasteiger partial charge on any atom is 0.308 e. The lowest BCUT2D eigenvalue weighted by molar-refractivity contribution is -0.145. The van der Waals surface area contributed by atoms with E-state index in [2.05, 4.69) is 10.1 Å². The highest BCUT2D eigenvalue weighted by Gasteiger charge is 2.14. The van der Waals surface area contributed by atoms with E-state index in [0.29, 0.717) is 23.9 Å². The molecule has 0 aliphatic rings. The van der Waals surface area contributed by atoms with E-state index in [-0.39, 0.29) is 19.0 Å². The Labute approximate surface area is 144 Å². The molecule has 0 aliphatic heterocycles. The normalized spacial score (nSPS) is 11.0. The van der Waals surface area contributed by atoms with Gasteiger partial charge in [-0.3, -0.25) is 9.48 Å². The molecule has 126 valence electrons. The molecule has 0 saturated heterocycles. The Kier molecular flexibility index (Phi) is 4.80. The van der Waals surface area contributed by atoms with Gasteiger partial charge in [-0.1, -0.05) is 6.07 Å². The molecule has 24 heavy (non-hydrogen) atoms. The molecule has 0 aromatic carbocycles. The van der Waals surface area contributed by atoms with E-state index in [1.807, 2.05) is 49.0 Å². The summed E-state index contributed by atoms with van der Waals surface area (Å²) in [6.45, 7) is 6.35. The van der Waals surface area contributed by atoms with Crippen LogP contribution >= 0.6 is 11.3 Å². The van der Waals surface area contributed by atoms with Crippen LogP contribution in [0.2, 0.25) is 0 Å². The highest BCUT2D eigenvalue weighted by Crippen LogP contribution is 2.26. The third-order valence-corrected chi connectivity index (χ3v) is 4.48. The zero-order chi connectivity index (χ0) is 17.1. The minimum Gasteiger partial charge on any atom is -0.459 e. The van der Waals surface area contributed by atoms with E-state index in [0.717, 1.165) is 16.3 Å². The lowest BCUT2D eigenvalue weighted by Gasteiger charge is -2.05. The molecule has 0 amide bonds. The molecular weight excluding hydrogens is 326 g/mol. The van der Waals surface area contributed by atoms with Crippen molar-refractivity contribution in [3.8, 4) is 10.8 Å². The van der Waals surface area contributed by atoms with Crippen LogP contribution in [-0.4, -0.2) is 20.7 Å². The quantitative estimate of drug-likeness (QED) is 0.638. The van der Waals surface area contributed by atoms with Crippen molar-refractivity contribution in [1.82, 2.24) is 14.8 Å². The summed E-state index contributed by atoms with van der Waals surface area (Å²) in [5, 5.41) is 6.29. The highest BCUT2D eigenvalue weighted by atomic mass is 32.1. The molecule has 0 unspecified atom stereocenters. The number of thiophene rings is 1. The van der Waals surface area contributed by atoms with Gasteiger partial charge in [-0.05, 0) is 38.3 Å². The minimum atomic E-state index is -0.275. The lowest BCUT2D eigenvalue weighted by atomic mass is 10.3. The fourth-order valence-corrected chi connectivity index (χ4v) is 3.04. The maximum absolute atomic E-state index is 11.9. The van der Waals surface area contributed by atoms with Crippen molar-refractivity contribution in [1.29, 1.82) is 0 Å². The molecule has 0 atom stereocenters. The van der Waals surface area contributed by atoms with E-state index in [4.69, 9.17) is 9.15 Å². The van der Waals surface area contributed by atoms with Gasteiger partial charge in [0.1, 0.15) is 18.1 Å². The van der Waals surface area contributed by atoms with Gasteiger partial charge in [0.05, 0.1) is 23.5 Å². The number of carbonyl (C=O) groups excluding carboxylic acids is 1. The summed E-state index contributed by atoms with van der Waals surface area (Å²) in [6, 6.07) is 5.87. The van der Waals surface area contributed by atoms with Gasteiger partial charge in [0.2, 0.25) is 5.89 Å². The second-order valence-electron chi connectivity index (χ2n) is 5.56. The molecule has 3 heterocycles. The molecule has 7 heteroatoms. The SMILES string of the molecule is Cc1cc(C)n(CCC(=O)OCc2nc(-c3cccs3)oc2C)n1. The summed E-state index contributed by atoms with van der Waals surface area (Å²) in [4.78, 5) is 17.3. The van der Waals surface area contributed by atoms with Crippen LogP contribution in [0.4, 0.5) is 0 Å². The number of aryl methyl sites for hydroxylation is 4. The first-order valence-corrected chi connectivity index (χ1v) is 8.58. The summed E-state index contributed by atoms with van der Waals surface area (Å²) < 4.78 is 12.8. The summed E-state index contributed by atoms with van der Waals surface area (Å²) in [5.74, 6) is 0.962. The van der Waals surface area contributed by atoms with Crippen LogP contribution in [0.1, 0.15) is 29.3 Å². The van der Waals surface area contributed by atoms with Crippen molar-refractivity contribution in [2.75, 3.05) is 0 Å². The van der Waals surface area contributed by atoms with Gasteiger partial charge >= 0.3 is 5.97 Å². The minimum absolute atomic E-state index is 0.122. The molecule has 0 N–H and O–H groups in total. The molecule has 0 spiro atoms. The van der Waals surface area contributed by atoms with Crippen LogP contribution in [0.5, 0.6) is 0 Å². The molecule has 3 rings (SSSR count). The number of nitrogens with zero attached hydrogens (tertiary/aromatic N) is 3. The monoisotopic (exact) mass is 345 g/mol. The first-order valence-electron chi connectivity index (χ1n) is 7.70. The third kappa shape index (κ3) is 3.73. The number of esters is 1. The van der Waals surface area contributed by atoms with Crippen LogP contribution < -0.4 is 0 Å². The largest absolute Gasteiger partial charge is 0.459 e. The van der Waals surface area contributed by atoms with Crippen LogP contribution in [-0.2, 0) is 22.7 Å². The van der Waals surface area contributed by atoms with Gasteiger partial charge in [0.25, 0.3) is 0 Å². The van der Waals surface area contributed by atoms with E-state index in [9.17, 15) is 4.79 Å². The van der Waals surface area contributed by atoms with E-state index in [1.54, 1.807) is 11.3 Å². The van der Waals surface area contributed by atoms with Crippen LogP contribution in [0, 0.1) is 20.8 Å². The Hall–Kier alpha value is -2.41. The zero-order valence-electron chi connectivity index (χ0n) is 13.9. The lowest BCUT2D eigenvalue weighted by Crippen LogP contribution is -2.11. The van der Waals surface area contributed by atoms with Crippen molar-refractivity contribution in [3.63, 3.8) is 0 Å². The number of ether oxygens (including phenoxy) is 1. The number of oxazole rings is 1. The van der Waals surface area contributed by atoms with Crippen molar-refractivity contribution < 1.29 is 13.9 Å². The summed E-state index contributed by atoms with van der Waals surface area (Å²) >= 11 is 1.56. The van der Waals surface area contributed by atoms with Gasteiger partial charge in [0.15, 0.2) is 0 Å². The predicted octanol–water partition coefficient (Wildman–Crippen LogP) is 3.66. The summed E-state index contributed by atoms with van der Waals surface area (Å²) in [6.07, 6.45) is 0.274. The molecular formula is C17H19N3O3S. The second-order valence-corrected chi connectivity index (χ2v) is 6.51. The van der Waals surface area contributed by atoms with Crippen molar-refractivity contribution in [2.45, 2.75) is 40.3 Å². The van der Waals surface area contributed by atoms with Gasteiger partial charge in [-0.2, -0.15) is 5.10 Å². The Balaban J connectivity index is 1.54. The summed E-state index contributed by atoms with van der Waals surface area (Å²) in [7, 11) is 0. The van der Waals surface area contributed by atoms with Crippen LogP contribution in [0.3, 0.4) is 0 Å². The van der Waals surface area contributed by atoms with Gasteiger partial charge < -0.3 is 9.15 Å². The number of carbonyl (C=O) groups is 1. The number of hydrogen-bond acceptors (Lipinski definition) is 6. The van der Waals surface area contributed by atoms with Crippen molar-refractivity contribution in [2.24, 2.45) is 0 Å². The van der Waals surface area contributed by atoms with Gasteiger partial charge in [0, 0.05) is 5.69 Å². The van der Waals surface area contributed by atoms with E-state index < -0.39 is 0 Å². The number of hydrogen-bond donors (Lipinski definition) is 0. The van der Waals surface area contributed by atoms with Crippen molar-refractivity contribution in [3.05, 3.63) is 46.4 Å². The first-order chi connectivity index (χ1) is 11.5.